The number of aryl methyl sites for hydroxylation is 1. The van der Waals surface area contributed by atoms with Crippen molar-refractivity contribution in [1.29, 1.82) is 0 Å². The number of ketones is 1. The molecule has 0 unspecified atom stereocenters. The molecule has 3 aromatic rings. The van der Waals surface area contributed by atoms with E-state index >= 15 is 0 Å². The second-order valence-electron chi connectivity index (χ2n) is 5.68. The Labute approximate surface area is 158 Å². The van der Waals surface area contributed by atoms with E-state index in [-0.39, 0.29) is 17.1 Å². The number of hydrogen-bond donors (Lipinski definition) is 0. The van der Waals surface area contributed by atoms with Gasteiger partial charge in [-0.3, -0.25) is 14.2 Å². The Kier molecular flexibility index (Phi) is 5.39. The fraction of sp³-hybridized carbons (Fsp3) is 0.211. The van der Waals surface area contributed by atoms with E-state index in [0.29, 0.717) is 28.2 Å². The molecule has 0 aliphatic carbocycles. The molecular formula is C19H17BrN2O2S. The fourth-order valence-electron chi connectivity index (χ4n) is 2.51. The summed E-state index contributed by atoms with van der Waals surface area (Å²) < 4.78 is 2.46. The van der Waals surface area contributed by atoms with Crippen molar-refractivity contribution in [3.63, 3.8) is 0 Å². The maximum atomic E-state index is 12.7. The molecule has 3 rings (SSSR count). The van der Waals surface area contributed by atoms with E-state index in [1.54, 1.807) is 10.6 Å². The first-order valence-corrected chi connectivity index (χ1v) is 9.70. The number of carbonyl (C=O) groups is 1. The molecule has 1 heterocycles. The van der Waals surface area contributed by atoms with Gasteiger partial charge < -0.3 is 0 Å². The Balaban J connectivity index is 1.90. The van der Waals surface area contributed by atoms with Crippen LogP contribution in [-0.4, -0.2) is 21.1 Å². The molecule has 0 aliphatic rings. The van der Waals surface area contributed by atoms with Gasteiger partial charge in [-0.25, -0.2) is 4.98 Å². The highest BCUT2D eigenvalue weighted by Crippen LogP contribution is 2.21. The van der Waals surface area contributed by atoms with Crippen LogP contribution in [0.15, 0.2) is 56.9 Å². The molecule has 2 aromatic carbocycles. The summed E-state index contributed by atoms with van der Waals surface area (Å²) in [4.78, 5) is 29.6. The summed E-state index contributed by atoms with van der Waals surface area (Å²) in [5.74, 6) is 0.273. The van der Waals surface area contributed by atoms with Crippen molar-refractivity contribution >= 4 is 44.4 Å². The molecule has 0 aliphatic heterocycles. The van der Waals surface area contributed by atoms with Crippen LogP contribution in [0.3, 0.4) is 0 Å². The van der Waals surface area contributed by atoms with Crippen molar-refractivity contribution in [3.05, 3.63) is 68.4 Å². The first kappa shape index (κ1) is 17.9. The molecule has 0 saturated carbocycles. The van der Waals surface area contributed by atoms with Gasteiger partial charge in [-0.05, 0) is 32.0 Å². The summed E-state index contributed by atoms with van der Waals surface area (Å²) in [6, 6.07) is 13.0. The predicted octanol–water partition coefficient (Wildman–Crippen LogP) is 4.46. The van der Waals surface area contributed by atoms with Crippen LogP contribution >= 0.6 is 27.7 Å². The summed E-state index contributed by atoms with van der Waals surface area (Å²) in [7, 11) is 0. The largest absolute Gasteiger partial charge is 0.293 e. The summed E-state index contributed by atoms with van der Waals surface area (Å²) in [5, 5.41) is 1.15. The lowest BCUT2D eigenvalue weighted by molar-refractivity contribution is 0.102. The lowest BCUT2D eigenvalue weighted by Gasteiger charge is -2.11. The monoisotopic (exact) mass is 416 g/mol. The van der Waals surface area contributed by atoms with Gasteiger partial charge in [-0.15, -0.1) is 0 Å². The minimum atomic E-state index is -0.0842. The van der Waals surface area contributed by atoms with Gasteiger partial charge >= 0.3 is 0 Å². The molecule has 0 fully saturated rings. The highest BCUT2D eigenvalue weighted by Gasteiger charge is 2.13. The van der Waals surface area contributed by atoms with Crippen molar-refractivity contribution in [3.8, 4) is 0 Å². The quantitative estimate of drug-likeness (QED) is 0.349. The molecule has 0 bridgehead atoms. The smallest absolute Gasteiger partial charge is 0.262 e. The average Bonchev–Trinajstić information content (AvgIpc) is 2.61. The lowest BCUT2D eigenvalue weighted by Crippen LogP contribution is -2.23. The molecule has 0 N–H and O–H groups in total. The normalized spacial score (nSPS) is 11.0. The van der Waals surface area contributed by atoms with Gasteiger partial charge in [0.1, 0.15) is 0 Å². The maximum absolute atomic E-state index is 12.7. The Morgan fingerprint density at radius 2 is 1.92 bits per heavy atom. The number of rotatable bonds is 5. The summed E-state index contributed by atoms with van der Waals surface area (Å²) in [6.07, 6.45) is 0. The lowest BCUT2D eigenvalue weighted by atomic mass is 10.1. The molecule has 0 amide bonds. The number of nitrogens with zero attached hydrogens (tertiary/aromatic N) is 2. The molecule has 6 heteroatoms. The van der Waals surface area contributed by atoms with Crippen LogP contribution in [0.2, 0.25) is 0 Å². The topological polar surface area (TPSA) is 52.0 Å². The van der Waals surface area contributed by atoms with E-state index in [0.717, 1.165) is 10.0 Å². The third kappa shape index (κ3) is 3.85. The zero-order valence-electron chi connectivity index (χ0n) is 14.0. The minimum Gasteiger partial charge on any atom is -0.293 e. The van der Waals surface area contributed by atoms with Crippen LogP contribution in [0.25, 0.3) is 10.9 Å². The van der Waals surface area contributed by atoms with Gasteiger partial charge in [0.05, 0.1) is 16.7 Å². The second kappa shape index (κ2) is 7.54. The highest BCUT2D eigenvalue weighted by atomic mass is 79.9. The highest BCUT2D eigenvalue weighted by molar-refractivity contribution is 9.10. The number of benzene rings is 2. The molecule has 128 valence electrons. The number of hydrogen-bond acceptors (Lipinski definition) is 4. The van der Waals surface area contributed by atoms with Crippen LogP contribution < -0.4 is 5.56 Å². The average molecular weight is 417 g/mol. The zero-order chi connectivity index (χ0) is 18.0. The number of carbonyl (C=O) groups excluding carboxylic acids is 1. The molecule has 0 radical (unpaired) electrons. The van der Waals surface area contributed by atoms with Crippen LogP contribution in [0.5, 0.6) is 0 Å². The molecule has 25 heavy (non-hydrogen) atoms. The first-order chi connectivity index (χ1) is 12.0. The van der Waals surface area contributed by atoms with Crippen LogP contribution in [0.1, 0.15) is 22.8 Å². The van der Waals surface area contributed by atoms with E-state index < -0.39 is 0 Å². The summed E-state index contributed by atoms with van der Waals surface area (Å²) in [5.41, 5.74) is 2.35. The van der Waals surface area contributed by atoms with Gasteiger partial charge in [-0.1, -0.05) is 57.5 Å². The van der Waals surface area contributed by atoms with Crippen molar-refractivity contribution in [1.82, 2.24) is 9.55 Å². The van der Waals surface area contributed by atoms with Crippen molar-refractivity contribution in [2.45, 2.75) is 25.5 Å². The van der Waals surface area contributed by atoms with E-state index in [1.807, 2.05) is 50.2 Å². The van der Waals surface area contributed by atoms with Gasteiger partial charge in [0, 0.05) is 16.6 Å². The van der Waals surface area contributed by atoms with Gasteiger partial charge in [0.25, 0.3) is 5.56 Å². The van der Waals surface area contributed by atoms with Gasteiger partial charge in [-0.2, -0.15) is 0 Å². The zero-order valence-corrected chi connectivity index (χ0v) is 16.4. The fourth-order valence-corrected chi connectivity index (χ4v) is 3.83. The minimum absolute atomic E-state index is 0.0257. The van der Waals surface area contributed by atoms with E-state index in [4.69, 9.17) is 0 Å². The number of aromatic nitrogens is 2. The van der Waals surface area contributed by atoms with E-state index in [9.17, 15) is 9.59 Å². The predicted molar refractivity (Wildman–Crippen MR) is 106 cm³/mol. The molecule has 0 atom stereocenters. The van der Waals surface area contributed by atoms with E-state index in [2.05, 4.69) is 20.9 Å². The Morgan fingerprint density at radius 3 is 2.60 bits per heavy atom. The Bertz CT molecular complexity index is 997. The maximum Gasteiger partial charge on any atom is 0.262 e. The third-order valence-electron chi connectivity index (χ3n) is 3.90. The third-order valence-corrected chi connectivity index (χ3v) is 5.37. The van der Waals surface area contributed by atoms with Gasteiger partial charge in [0.2, 0.25) is 0 Å². The SMILES string of the molecule is CCn1c(SCC(=O)c2ccc(C)cc2)nc2ccc(Br)cc2c1=O. The van der Waals surface area contributed by atoms with Crippen molar-refractivity contribution < 1.29 is 4.79 Å². The number of fused-ring (bicyclic) bond motifs is 1. The summed E-state index contributed by atoms with van der Waals surface area (Å²) in [6.45, 7) is 4.40. The first-order valence-electron chi connectivity index (χ1n) is 7.92. The van der Waals surface area contributed by atoms with Crippen molar-refractivity contribution in [2.24, 2.45) is 0 Å². The number of Topliss-reactive ketones (excluding diaryl/α,β-unsaturated/α-hetero) is 1. The van der Waals surface area contributed by atoms with Gasteiger partial charge in [0.15, 0.2) is 10.9 Å². The molecule has 4 nitrogen and oxygen atoms in total. The molecule has 1 aromatic heterocycles. The Hall–Kier alpha value is -1.92. The van der Waals surface area contributed by atoms with E-state index in [1.165, 1.54) is 11.8 Å². The van der Waals surface area contributed by atoms with Crippen molar-refractivity contribution in [2.75, 3.05) is 5.75 Å². The van der Waals surface area contributed by atoms with Crippen LogP contribution in [0, 0.1) is 6.92 Å². The molecule has 0 spiro atoms. The second-order valence-corrected chi connectivity index (χ2v) is 7.54. The standard InChI is InChI=1S/C19H17BrN2O2S/c1-3-22-18(24)15-10-14(20)8-9-16(15)21-19(22)25-11-17(23)13-6-4-12(2)5-7-13/h4-10H,3,11H2,1-2H3. The number of thioether (sulfide) groups is 1. The Morgan fingerprint density at radius 1 is 1.20 bits per heavy atom. The molecule has 0 saturated heterocycles. The summed E-state index contributed by atoms with van der Waals surface area (Å²) >= 11 is 4.69. The van der Waals surface area contributed by atoms with Crippen LogP contribution in [0.4, 0.5) is 0 Å². The number of halogens is 1. The molecular weight excluding hydrogens is 400 g/mol. The van der Waals surface area contributed by atoms with Crippen LogP contribution in [-0.2, 0) is 6.54 Å².